The predicted octanol–water partition coefficient (Wildman–Crippen LogP) is 2.74. The van der Waals surface area contributed by atoms with Crippen LogP contribution in [0.15, 0.2) is 22.9 Å². The number of hydrogen-bond donors (Lipinski definition) is 1. The summed E-state index contributed by atoms with van der Waals surface area (Å²) in [5.41, 5.74) is 1.31. The lowest BCUT2D eigenvalue weighted by Crippen LogP contribution is -2.68. The Morgan fingerprint density at radius 3 is 2.59 bits per heavy atom. The van der Waals surface area contributed by atoms with Gasteiger partial charge < -0.3 is 14.5 Å². The molecule has 0 atom stereocenters. The van der Waals surface area contributed by atoms with Crippen molar-refractivity contribution in [1.29, 1.82) is 0 Å². The van der Waals surface area contributed by atoms with Crippen molar-refractivity contribution in [3.8, 4) is 10.4 Å². The van der Waals surface area contributed by atoms with Gasteiger partial charge in [0.05, 0.1) is 26.2 Å². The smallest absolute Gasteiger partial charge is 0.341 e. The zero-order valence-corrected chi connectivity index (χ0v) is 17.0. The summed E-state index contributed by atoms with van der Waals surface area (Å²) in [6.45, 7) is 8.88. The number of fused-ring (bicyclic) bond motifs is 3. The molecule has 0 spiro atoms. The first-order chi connectivity index (χ1) is 13.1. The molecule has 0 unspecified atom stereocenters. The summed E-state index contributed by atoms with van der Waals surface area (Å²) < 4.78 is 6.12. The number of carbonyl (C=O) groups is 2. The number of amides is 1. The van der Waals surface area contributed by atoms with Gasteiger partial charge in [0.1, 0.15) is 10.6 Å². The number of hydrogen-bond acceptors (Lipinski definition) is 6. The quantitative estimate of drug-likeness (QED) is 0.592. The van der Waals surface area contributed by atoms with E-state index in [0.29, 0.717) is 23.7 Å². The number of quaternary nitrogens is 1. The molecule has 0 aliphatic carbocycles. The minimum Gasteiger partial charge on any atom is -0.462 e. The van der Waals surface area contributed by atoms with E-state index in [1.807, 2.05) is 22.9 Å². The van der Waals surface area contributed by atoms with E-state index in [-0.39, 0.29) is 11.9 Å². The van der Waals surface area contributed by atoms with Crippen molar-refractivity contribution in [3.05, 3.63) is 28.5 Å². The van der Waals surface area contributed by atoms with Crippen LogP contribution in [0.5, 0.6) is 0 Å². The van der Waals surface area contributed by atoms with E-state index in [9.17, 15) is 9.59 Å². The first-order valence-corrected chi connectivity index (χ1v) is 11.1. The molecule has 3 fully saturated rings. The van der Waals surface area contributed by atoms with Crippen LogP contribution in [0.4, 0.5) is 5.00 Å². The summed E-state index contributed by atoms with van der Waals surface area (Å²) in [5.74, 6) is -0.397. The minimum atomic E-state index is -0.379. The second kappa shape index (κ2) is 7.71. The average Bonchev–Trinajstić information content (AvgIpc) is 3.32. The molecule has 3 aliphatic heterocycles. The lowest BCUT2D eigenvalue weighted by molar-refractivity contribution is -0.933. The van der Waals surface area contributed by atoms with E-state index in [2.05, 4.69) is 10.2 Å². The van der Waals surface area contributed by atoms with Gasteiger partial charge in [-0.3, -0.25) is 9.69 Å². The Balaban J connectivity index is 1.54. The Kier molecular flexibility index (Phi) is 5.32. The van der Waals surface area contributed by atoms with Crippen LogP contribution in [0.2, 0.25) is 0 Å². The molecule has 2 bridgehead atoms. The zero-order chi connectivity index (χ0) is 18.9. The molecule has 144 valence electrons. The summed E-state index contributed by atoms with van der Waals surface area (Å²) >= 11 is 2.97. The molecule has 0 radical (unpaired) electrons. The number of rotatable bonds is 6. The summed E-state index contributed by atoms with van der Waals surface area (Å²) in [5, 5.41) is 7.51. The van der Waals surface area contributed by atoms with E-state index in [1.54, 1.807) is 18.3 Å². The van der Waals surface area contributed by atoms with Gasteiger partial charge in [-0.2, -0.15) is 0 Å². The van der Waals surface area contributed by atoms with Crippen molar-refractivity contribution in [2.24, 2.45) is 0 Å². The van der Waals surface area contributed by atoms with E-state index in [0.717, 1.165) is 54.2 Å². The number of piperazine rings is 3. The lowest BCUT2D eigenvalue weighted by Gasteiger charge is -2.50. The van der Waals surface area contributed by atoms with Crippen molar-refractivity contribution in [3.63, 3.8) is 0 Å². The van der Waals surface area contributed by atoms with E-state index >= 15 is 0 Å². The molecule has 0 saturated carbocycles. The molecule has 2 aromatic rings. The van der Waals surface area contributed by atoms with Gasteiger partial charge in [-0.1, -0.05) is 6.07 Å². The van der Waals surface area contributed by atoms with Crippen LogP contribution < -0.4 is 5.32 Å². The summed E-state index contributed by atoms with van der Waals surface area (Å²) in [6, 6.07) is 3.93. The number of anilines is 1. The molecule has 2 aromatic heterocycles. The monoisotopic (exact) mass is 406 g/mol. The summed E-state index contributed by atoms with van der Waals surface area (Å²) in [7, 11) is 0. The molecule has 5 heterocycles. The van der Waals surface area contributed by atoms with Crippen molar-refractivity contribution >= 4 is 39.6 Å². The maximum absolute atomic E-state index is 12.8. The fraction of sp³-hybridized carbons (Fsp3) is 0.474. The third kappa shape index (κ3) is 3.80. The number of nitrogens with one attached hydrogen (secondary N) is 1. The highest BCUT2D eigenvalue weighted by Gasteiger charge is 2.40. The molecule has 3 saturated heterocycles. The van der Waals surface area contributed by atoms with Gasteiger partial charge in [-0.15, -0.1) is 22.7 Å². The zero-order valence-electron chi connectivity index (χ0n) is 15.4. The standard InChI is InChI=1S/C19H23N3O3S2/c1-2-25-19(24)17-14(15-4-3-11-26-15)13-27-18(17)20-16(23)12-22-8-5-21(6-9-22)7-10-22/h3-4,11,13H,2,5-10,12H2,1H3/p+1. The van der Waals surface area contributed by atoms with Crippen LogP contribution in [0.25, 0.3) is 10.4 Å². The molecule has 1 N–H and O–H groups in total. The highest BCUT2D eigenvalue weighted by atomic mass is 32.1. The van der Waals surface area contributed by atoms with Crippen LogP contribution in [0.3, 0.4) is 0 Å². The lowest BCUT2D eigenvalue weighted by atomic mass is 10.1. The molecular formula is C19H24N3O3S2+. The highest BCUT2D eigenvalue weighted by molar-refractivity contribution is 7.17. The molecular weight excluding hydrogens is 382 g/mol. The Morgan fingerprint density at radius 2 is 1.96 bits per heavy atom. The Bertz CT molecular complexity index is 810. The van der Waals surface area contributed by atoms with Gasteiger partial charge in [-0.25, -0.2) is 4.79 Å². The van der Waals surface area contributed by atoms with Gasteiger partial charge in [0.25, 0.3) is 5.91 Å². The third-order valence-corrected chi connectivity index (χ3v) is 7.26. The van der Waals surface area contributed by atoms with Crippen molar-refractivity contribution in [1.82, 2.24) is 4.90 Å². The van der Waals surface area contributed by atoms with E-state index in [4.69, 9.17) is 4.74 Å². The van der Waals surface area contributed by atoms with Gasteiger partial charge >= 0.3 is 5.97 Å². The van der Waals surface area contributed by atoms with Gasteiger partial charge in [-0.05, 0) is 18.4 Å². The van der Waals surface area contributed by atoms with E-state index in [1.165, 1.54) is 11.3 Å². The highest BCUT2D eigenvalue weighted by Crippen LogP contribution is 2.38. The number of ether oxygens (including phenoxy) is 1. The third-order valence-electron chi connectivity index (χ3n) is 5.46. The molecule has 27 heavy (non-hydrogen) atoms. The van der Waals surface area contributed by atoms with Gasteiger partial charge in [0.15, 0.2) is 6.54 Å². The maximum Gasteiger partial charge on any atom is 0.341 e. The molecule has 0 aromatic carbocycles. The predicted molar refractivity (Wildman–Crippen MR) is 108 cm³/mol. The molecule has 8 heteroatoms. The maximum atomic E-state index is 12.8. The topological polar surface area (TPSA) is 58.6 Å². The average molecular weight is 407 g/mol. The number of carbonyl (C=O) groups excluding carboxylic acids is 2. The van der Waals surface area contributed by atoms with Crippen LogP contribution in [-0.4, -0.2) is 73.7 Å². The van der Waals surface area contributed by atoms with E-state index < -0.39 is 0 Å². The number of thiophene rings is 2. The molecule has 5 rings (SSSR count). The summed E-state index contributed by atoms with van der Waals surface area (Å²) in [6.07, 6.45) is 0. The number of nitrogens with zero attached hydrogens (tertiary/aromatic N) is 2. The first kappa shape index (κ1) is 18.6. The normalized spacial score (nSPS) is 24.0. The molecule has 1 amide bonds. The molecule has 3 aliphatic rings. The van der Waals surface area contributed by atoms with Gasteiger partial charge in [0.2, 0.25) is 0 Å². The largest absolute Gasteiger partial charge is 0.462 e. The molecule has 6 nitrogen and oxygen atoms in total. The Hall–Kier alpha value is -1.74. The SMILES string of the molecule is CCOC(=O)c1c(-c2cccs2)csc1NC(=O)C[N+]12CCN(CC1)CC2. The summed E-state index contributed by atoms with van der Waals surface area (Å²) in [4.78, 5) is 28.8. The Morgan fingerprint density at radius 1 is 1.22 bits per heavy atom. The number of esters is 1. The second-order valence-corrected chi connectivity index (χ2v) is 8.94. The van der Waals surface area contributed by atoms with Crippen LogP contribution >= 0.6 is 22.7 Å². The van der Waals surface area contributed by atoms with Crippen LogP contribution in [0.1, 0.15) is 17.3 Å². The van der Waals surface area contributed by atoms with Gasteiger partial charge in [0, 0.05) is 35.5 Å². The van der Waals surface area contributed by atoms with Crippen molar-refractivity contribution < 1.29 is 18.8 Å². The van der Waals surface area contributed by atoms with Crippen molar-refractivity contribution in [2.45, 2.75) is 6.92 Å². The fourth-order valence-corrected chi connectivity index (χ4v) is 5.70. The second-order valence-electron chi connectivity index (χ2n) is 7.11. The minimum absolute atomic E-state index is 0.0181. The fourth-order valence-electron chi connectivity index (χ4n) is 3.91. The van der Waals surface area contributed by atoms with Crippen LogP contribution in [0, 0.1) is 0 Å². The van der Waals surface area contributed by atoms with Crippen LogP contribution in [-0.2, 0) is 9.53 Å². The first-order valence-electron chi connectivity index (χ1n) is 9.30. The van der Waals surface area contributed by atoms with Crippen molar-refractivity contribution in [2.75, 3.05) is 57.7 Å². The Labute approximate surface area is 166 Å².